The summed E-state index contributed by atoms with van der Waals surface area (Å²) in [4.78, 5) is 6.53. The van der Waals surface area contributed by atoms with Gasteiger partial charge in [-0.05, 0) is 62.5 Å². The Hall–Kier alpha value is -0.930. The van der Waals surface area contributed by atoms with E-state index < -0.39 is 0 Å². The lowest BCUT2D eigenvalue weighted by Gasteiger charge is -2.37. The van der Waals surface area contributed by atoms with Crippen molar-refractivity contribution < 1.29 is 0 Å². The van der Waals surface area contributed by atoms with E-state index >= 15 is 0 Å². The molecule has 0 radical (unpaired) electrons. The number of pyridine rings is 1. The zero-order valence-electron chi connectivity index (χ0n) is 11.7. The second-order valence-corrected chi connectivity index (χ2v) is 5.90. The highest BCUT2D eigenvalue weighted by molar-refractivity contribution is 5.09. The number of aromatic nitrogens is 1. The molecule has 1 aromatic heterocycles. The van der Waals surface area contributed by atoms with Crippen molar-refractivity contribution in [3.05, 3.63) is 30.1 Å². The lowest BCUT2D eigenvalue weighted by atomic mass is 9.80. The largest absolute Gasteiger partial charge is 0.317 e. The van der Waals surface area contributed by atoms with Crippen molar-refractivity contribution in [2.24, 2.45) is 5.41 Å². The van der Waals surface area contributed by atoms with Gasteiger partial charge >= 0.3 is 0 Å². The first kappa shape index (κ1) is 13.5. The normalized spacial score (nSPS) is 19.1. The van der Waals surface area contributed by atoms with Crippen LogP contribution >= 0.6 is 0 Å². The number of hydrogen-bond acceptors (Lipinski definition) is 3. The minimum Gasteiger partial charge on any atom is -0.317 e. The molecular formula is C15H25N3. The van der Waals surface area contributed by atoms with Gasteiger partial charge in [0.2, 0.25) is 0 Å². The van der Waals surface area contributed by atoms with Crippen molar-refractivity contribution in [2.45, 2.75) is 26.2 Å². The summed E-state index contributed by atoms with van der Waals surface area (Å²) in [6, 6.07) is 4.22. The quantitative estimate of drug-likeness (QED) is 0.862. The standard InChI is InChI=1S/C15H25N3/c1-15(6-10-17-11-7-15)13-18(2)12-5-14-3-8-16-9-4-14/h3-4,8-9,17H,5-7,10-13H2,1-2H3. The third kappa shape index (κ3) is 4.07. The van der Waals surface area contributed by atoms with E-state index in [1.807, 2.05) is 12.4 Å². The van der Waals surface area contributed by atoms with Gasteiger partial charge in [0.15, 0.2) is 0 Å². The van der Waals surface area contributed by atoms with Crippen LogP contribution in [0.1, 0.15) is 25.3 Å². The zero-order chi connectivity index (χ0) is 12.8. The summed E-state index contributed by atoms with van der Waals surface area (Å²) in [5.41, 5.74) is 1.88. The van der Waals surface area contributed by atoms with E-state index in [1.165, 1.54) is 38.0 Å². The maximum atomic E-state index is 4.06. The molecule has 18 heavy (non-hydrogen) atoms. The van der Waals surface area contributed by atoms with Gasteiger partial charge in [0.05, 0.1) is 0 Å². The number of nitrogens with one attached hydrogen (secondary N) is 1. The molecule has 0 aliphatic carbocycles. The molecule has 2 rings (SSSR count). The molecule has 1 aliphatic rings. The monoisotopic (exact) mass is 247 g/mol. The van der Waals surface area contributed by atoms with Gasteiger partial charge in [-0.3, -0.25) is 4.98 Å². The molecule has 1 N–H and O–H groups in total. The molecule has 0 aromatic carbocycles. The minimum atomic E-state index is 0.498. The maximum Gasteiger partial charge on any atom is 0.0270 e. The van der Waals surface area contributed by atoms with Gasteiger partial charge in [-0.1, -0.05) is 6.92 Å². The molecule has 1 aromatic rings. The Morgan fingerprint density at radius 1 is 1.28 bits per heavy atom. The molecule has 0 amide bonds. The Kier molecular flexibility index (Phi) is 4.72. The van der Waals surface area contributed by atoms with Gasteiger partial charge in [0.25, 0.3) is 0 Å². The molecule has 0 saturated carbocycles. The van der Waals surface area contributed by atoms with Crippen molar-refractivity contribution in [1.29, 1.82) is 0 Å². The molecule has 0 bridgehead atoms. The maximum absolute atomic E-state index is 4.06. The zero-order valence-corrected chi connectivity index (χ0v) is 11.7. The molecule has 3 heteroatoms. The Labute approximate surface area is 111 Å². The summed E-state index contributed by atoms with van der Waals surface area (Å²) in [6.45, 7) is 7.12. The van der Waals surface area contributed by atoms with E-state index in [4.69, 9.17) is 0 Å². The van der Waals surface area contributed by atoms with Crippen molar-refractivity contribution in [1.82, 2.24) is 15.2 Å². The van der Waals surface area contributed by atoms with Gasteiger partial charge in [-0.2, -0.15) is 0 Å². The van der Waals surface area contributed by atoms with E-state index in [0.717, 1.165) is 13.0 Å². The smallest absolute Gasteiger partial charge is 0.0270 e. The summed E-state index contributed by atoms with van der Waals surface area (Å²) in [5, 5.41) is 3.45. The average Bonchev–Trinajstić information content (AvgIpc) is 2.38. The Morgan fingerprint density at radius 3 is 2.61 bits per heavy atom. The third-order valence-corrected chi connectivity index (χ3v) is 3.99. The fraction of sp³-hybridized carbons (Fsp3) is 0.667. The highest BCUT2D eigenvalue weighted by atomic mass is 15.1. The van der Waals surface area contributed by atoms with Crippen molar-refractivity contribution in [3.63, 3.8) is 0 Å². The predicted octanol–water partition coefficient (Wildman–Crippen LogP) is 1.95. The summed E-state index contributed by atoms with van der Waals surface area (Å²) >= 11 is 0. The van der Waals surface area contributed by atoms with Gasteiger partial charge < -0.3 is 10.2 Å². The molecule has 0 spiro atoms. The van der Waals surface area contributed by atoms with E-state index in [-0.39, 0.29) is 0 Å². The van der Waals surface area contributed by atoms with Gasteiger partial charge in [0, 0.05) is 25.5 Å². The Balaban J connectivity index is 1.76. The van der Waals surface area contributed by atoms with Gasteiger partial charge in [0.1, 0.15) is 0 Å². The van der Waals surface area contributed by atoms with Crippen LogP contribution in [0.15, 0.2) is 24.5 Å². The van der Waals surface area contributed by atoms with Crippen LogP contribution in [0.3, 0.4) is 0 Å². The average molecular weight is 247 g/mol. The van der Waals surface area contributed by atoms with Gasteiger partial charge in [-0.15, -0.1) is 0 Å². The first-order valence-electron chi connectivity index (χ1n) is 6.96. The topological polar surface area (TPSA) is 28.2 Å². The fourth-order valence-corrected chi connectivity index (χ4v) is 2.79. The first-order valence-corrected chi connectivity index (χ1v) is 6.96. The van der Waals surface area contributed by atoms with E-state index in [0.29, 0.717) is 5.41 Å². The molecule has 3 nitrogen and oxygen atoms in total. The molecule has 0 unspecified atom stereocenters. The summed E-state index contributed by atoms with van der Waals surface area (Å²) < 4.78 is 0. The molecule has 100 valence electrons. The van der Waals surface area contributed by atoms with Crippen LogP contribution in [-0.2, 0) is 6.42 Å². The minimum absolute atomic E-state index is 0.498. The van der Waals surface area contributed by atoms with Crippen molar-refractivity contribution in [3.8, 4) is 0 Å². The predicted molar refractivity (Wildman–Crippen MR) is 75.6 cm³/mol. The Bertz CT molecular complexity index is 344. The van der Waals surface area contributed by atoms with Crippen LogP contribution < -0.4 is 5.32 Å². The molecule has 2 heterocycles. The lowest BCUT2D eigenvalue weighted by Crippen LogP contribution is -2.42. The second kappa shape index (κ2) is 6.30. The Morgan fingerprint density at radius 2 is 1.94 bits per heavy atom. The van der Waals surface area contributed by atoms with Gasteiger partial charge in [-0.25, -0.2) is 0 Å². The molecule has 0 atom stereocenters. The van der Waals surface area contributed by atoms with Crippen molar-refractivity contribution >= 4 is 0 Å². The SMILES string of the molecule is CN(CCc1ccncc1)CC1(C)CCNCC1. The molecule has 1 aliphatic heterocycles. The summed E-state index contributed by atoms with van der Waals surface area (Å²) in [7, 11) is 2.24. The number of nitrogens with zero attached hydrogens (tertiary/aromatic N) is 2. The van der Waals surface area contributed by atoms with Crippen molar-refractivity contribution in [2.75, 3.05) is 33.2 Å². The first-order chi connectivity index (χ1) is 8.68. The van der Waals surface area contributed by atoms with Crippen LogP contribution in [0.2, 0.25) is 0 Å². The highest BCUT2D eigenvalue weighted by Gasteiger charge is 2.27. The molecular weight excluding hydrogens is 222 g/mol. The lowest BCUT2D eigenvalue weighted by molar-refractivity contribution is 0.148. The second-order valence-electron chi connectivity index (χ2n) is 5.90. The van der Waals surface area contributed by atoms with Crippen LogP contribution in [0, 0.1) is 5.41 Å². The number of hydrogen-bond donors (Lipinski definition) is 1. The van der Waals surface area contributed by atoms with Crippen LogP contribution in [-0.4, -0.2) is 43.1 Å². The highest BCUT2D eigenvalue weighted by Crippen LogP contribution is 2.28. The van der Waals surface area contributed by atoms with E-state index in [1.54, 1.807) is 0 Å². The van der Waals surface area contributed by atoms with Crippen LogP contribution in [0.4, 0.5) is 0 Å². The van der Waals surface area contributed by atoms with E-state index in [2.05, 4.69) is 41.3 Å². The van der Waals surface area contributed by atoms with Crippen LogP contribution in [0.25, 0.3) is 0 Å². The number of piperidine rings is 1. The van der Waals surface area contributed by atoms with E-state index in [9.17, 15) is 0 Å². The number of rotatable bonds is 5. The summed E-state index contributed by atoms with van der Waals surface area (Å²) in [5.74, 6) is 0. The molecule has 1 saturated heterocycles. The summed E-state index contributed by atoms with van der Waals surface area (Å²) in [6.07, 6.45) is 7.47. The fourth-order valence-electron chi connectivity index (χ4n) is 2.79. The van der Waals surface area contributed by atoms with Crippen LogP contribution in [0.5, 0.6) is 0 Å². The molecule has 1 fully saturated rings. The third-order valence-electron chi connectivity index (χ3n) is 3.99. The number of likely N-dealkylation sites (N-methyl/N-ethyl adjacent to an activating group) is 1.